The Bertz CT molecular complexity index is 773. The van der Waals surface area contributed by atoms with Gasteiger partial charge in [0.05, 0.1) is 23.2 Å². The van der Waals surface area contributed by atoms with Crippen LogP contribution >= 0.6 is 0 Å². The van der Waals surface area contributed by atoms with Crippen LogP contribution in [0.5, 0.6) is 0 Å². The fourth-order valence-corrected chi connectivity index (χ4v) is 2.31. The molecule has 1 aliphatic heterocycles. The van der Waals surface area contributed by atoms with Gasteiger partial charge in [0.1, 0.15) is 11.9 Å². The quantitative estimate of drug-likeness (QED) is 0.794. The maximum absolute atomic E-state index is 13.6. The summed E-state index contributed by atoms with van der Waals surface area (Å²) in [4.78, 5) is 25.4. The second-order valence-corrected chi connectivity index (χ2v) is 4.67. The number of carbonyl (C=O) groups excluding carboxylic acids is 2. The van der Waals surface area contributed by atoms with Gasteiger partial charge in [0.15, 0.2) is 0 Å². The summed E-state index contributed by atoms with van der Waals surface area (Å²) in [6.07, 6.45) is 0. The molecule has 3 rings (SSSR count). The van der Waals surface area contributed by atoms with Gasteiger partial charge in [0, 0.05) is 0 Å². The predicted molar refractivity (Wildman–Crippen MR) is 71.8 cm³/mol. The van der Waals surface area contributed by atoms with Crippen LogP contribution in [0.3, 0.4) is 0 Å². The van der Waals surface area contributed by atoms with Crippen molar-refractivity contribution in [2.45, 2.75) is 6.54 Å². The van der Waals surface area contributed by atoms with E-state index in [1.54, 1.807) is 30.3 Å². The minimum atomic E-state index is -0.661. The Hall–Kier alpha value is -3.00. The molecule has 0 saturated carbocycles. The number of nitriles is 1. The van der Waals surface area contributed by atoms with Crippen LogP contribution in [0, 0.1) is 17.1 Å². The Kier molecular flexibility index (Phi) is 2.99. The van der Waals surface area contributed by atoms with Crippen molar-refractivity contribution < 1.29 is 14.0 Å². The number of imide groups is 1. The zero-order valence-corrected chi connectivity index (χ0v) is 10.8. The number of halogens is 1. The summed E-state index contributed by atoms with van der Waals surface area (Å²) < 4.78 is 13.6. The number of hydrogen-bond donors (Lipinski definition) is 0. The van der Waals surface area contributed by atoms with E-state index in [1.807, 2.05) is 0 Å². The van der Waals surface area contributed by atoms with Gasteiger partial charge >= 0.3 is 0 Å². The second-order valence-electron chi connectivity index (χ2n) is 4.67. The summed E-state index contributed by atoms with van der Waals surface area (Å²) in [6.45, 7) is -0.0189. The van der Waals surface area contributed by atoms with Gasteiger partial charge in [-0.1, -0.05) is 18.2 Å². The largest absolute Gasteiger partial charge is 0.270 e. The first-order chi connectivity index (χ1) is 10.1. The Morgan fingerprint density at radius 1 is 1.05 bits per heavy atom. The van der Waals surface area contributed by atoms with Crippen LogP contribution in [-0.4, -0.2) is 16.7 Å². The molecule has 2 amide bonds. The molecule has 102 valence electrons. The highest BCUT2D eigenvalue weighted by molar-refractivity contribution is 6.21. The van der Waals surface area contributed by atoms with E-state index in [9.17, 15) is 14.0 Å². The van der Waals surface area contributed by atoms with Crippen LogP contribution in [0.15, 0.2) is 42.5 Å². The van der Waals surface area contributed by atoms with Crippen molar-refractivity contribution in [3.05, 3.63) is 70.5 Å². The van der Waals surface area contributed by atoms with E-state index in [2.05, 4.69) is 0 Å². The standard InChI is InChI=1S/C16H9FN2O2/c17-14-7-10(5-6-11(14)8-18)9-19-15(20)12-3-1-2-4-13(12)16(19)21/h1-7H,9H2. The number of rotatable bonds is 2. The van der Waals surface area contributed by atoms with E-state index in [1.165, 1.54) is 18.2 Å². The van der Waals surface area contributed by atoms with Crippen molar-refractivity contribution in [2.75, 3.05) is 0 Å². The van der Waals surface area contributed by atoms with Crippen molar-refractivity contribution in [3.8, 4) is 6.07 Å². The molecule has 5 heteroatoms. The SMILES string of the molecule is N#Cc1ccc(CN2C(=O)c3ccccc3C2=O)cc1F. The normalized spacial score (nSPS) is 13.2. The first-order valence-electron chi connectivity index (χ1n) is 6.25. The average molecular weight is 280 g/mol. The maximum atomic E-state index is 13.6. The molecule has 0 aliphatic carbocycles. The molecule has 0 saturated heterocycles. The molecule has 0 radical (unpaired) electrons. The van der Waals surface area contributed by atoms with Crippen molar-refractivity contribution in [3.63, 3.8) is 0 Å². The molecule has 0 bridgehead atoms. The lowest BCUT2D eigenvalue weighted by atomic mass is 10.1. The summed E-state index contributed by atoms with van der Waals surface area (Å²) in [5, 5.41) is 8.69. The highest BCUT2D eigenvalue weighted by Crippen LogP contribution is 2.24. The lowest BCUT2D eigenvalue weighted by Crippen LogP contribution is -2.29. The van der Waals surface area contributed by atoms with Gasteiger partial charge in [0.2, 0.25) is 0 Å². The monoisotopic (exact) mass is 280 g/mol. The maximum Gasteiger partial charge on any atom is 0.261 e. The molecule has 0 atom stereocenters. The van der Waals surface area contributed by atoms with E-state index < -0.39 is 5.82 Å². The van der Waals surface area contributed by atoms with Gasteiger partial charge < -0.3 is 0 Å². The highest BCUT2D eigenvalue weighted by Gasteiger charge is 2.34. The summed E-state index contributed by atoms with van der Waals surface area (Å²) in [7, 11) is 0. The number of benzene rings is 2. The average Bonchev–Trinajstić information content (AvgIpc) is 2.73. The molecule has 0 aromatic heterocycles. The summed E-state index contributed by atoms with van der Waals surface area (Å²) in [5.41, 5.74) is 1.11. The van der Waals surface area contributed by atoms with E-state index in [0.717, 1.165) is 4.90 Å². The molecule has 0 unspecified atom stereocenters. The third-order valence-electron chi connectivity index (χ3n) is 3.37. The number of hydrogen-bond acceptors (Lipinski definition) is 3. The zero-order valence-electron chi connectivity index (χ0n) is 10.8. The second kappa shape index (κ2) is 4.84. The fourth-order valence-electron chi connectivity index (χ4n) is 2.31. The molecule has 0 spiro atoms. The predicted octanol–water partition coefficient (Wildman–Crippen LogP) is 2.49. The van der Waals surface area contributed by atoms with Gasteiger partial charge in [-0.05, 0) is 29.8 Å². The summed E-state index contributed by atoms with van der Waals surface area (Å²) in [5.74, 6) is -1.44. The van der Waals surface area contributed by atoms with Crippen LogP contribution in [0.1, 0.15) is 31.8 Å². The van der Waals surface area contributed by atoms with Gasteiger partial charge in [0.25, 0.3) is 11.8 Å². The van der Waals surface area contributed by atoms with Gasteiger partial charge in [-0.3, -0.25) is 14.5 Å². The molecule has 1 aliphatic rings. The summed E-state index contributed by atoms with van der Waals surface area (Å²) in [6, 6.07) is 12.3. The van der Waals surface area contributed by atoms with Gasteiger partial charge in [-0.15, -0.1) is 0 Å². The van der Waals surface area contributed by atoms with Crippen molar-refractivity contribution >= 4 is 11.8 Å². The molecule has 1 heterocycles. The van der Waals surface area contributed by atoms with Crippen molar-refractivity contribution in [1.82, 2.24) is 4.90 Å². The first-order valence-corrected chi connectivity index (χ1v) is 6.25. The van der Waals surface area contributed by atoms with Crippen LogP contribution in [0.25, 0.3) is 0 Å². The van der Waals surface area contributed by atoms with Crippen LogP contribution < -0.4 is 0 Å². The summed E-state index contributed by atoms with van der Waals surface area (Å²) >= 11 is 0. The zero-order chi connectivity index (χ0) is 15.0. The lowest BCUT2D eigenvalue weighted by molar-refractivity contribution is 0.0642. The van der Waals surface area contributed by atoms with Crippen LogP contribution in [0.4, 0.5) is 4.39 Å². The van der Waals surface area contributed by atoms with E-state index in [4.69, 9.17) is 5.26 Å². The number of carbonyl (C=O) groups is 2. The molecule has 2 aromatic rings. The molecule has 0 N–H and O–H groups in total. The smallest absolute Gasteiger partial charge is 0.261 e. The molecule has 4 nitrogen and oxygen atoms in total. The molecular formula is C16H9FN2O2. The first kappa shape index (κ1) is 13.0. The number of fused-ring (bicyclic) bond motifs is 1. The molecule has 0 fully saturated rings. The third-order valence-corrected chi connectivity index (χ3v) is 3.37. The number of nitrogens with zero attached hydrogens (tertiary/aromatic N) is 2. The topological polar surface area (TPSA) is 61.2 Å². The minimum Gasteiger partial charge on any atom is -0.270 e. The highest BCUT2D eigenvalue weighted by atomic mass is 19.1. The van der Waals surface area contributed by atoms with Gasteiger partial charge in [-0.2, -0.15) is 5.26 Å². The van der Waals surface area contributed by atoms with E-state index in [-0.39, 0.29) is 23.9 Å². The lowest BCUT2D eigenvalue weighted by Gasteiger charge is -2.14. The van der Waals surface area contributed by atoms with Crippen molar-refractivity contribution in [2.24, 2.45) is 0 Å². The van der Waals surface area contributed by atoms with Crippen LogP contribution in [0.2, 0.25) is 0 Å². The minimum absolute atomic E-state index is 0.0189. The third kappa shape index (κ3) is 2.07. The number of amides is 2. The molecular weight excluding hydrogens is 271 g/mol. The van der Waals surface area contributed by atoms with E-state index >= 15 is 0 Å². The molecule has 2 aromatic carbocycles. The van der Waals surface area contributed by atoms with Gasteiger partial charge in [-0.25, -0.2) is 4.39 Å². The fraction of sp³-hybridized carbons (Fsp3) is 0.0625. The Morgan fingerprint density at radius 2 is 1.67 bits per heavy atom. The Balaban J connectivity index is 1.91. The van der Waals surface area contributed by atoms with Crippen LogP contribution in [-0.2, 0) is 6.54 Å². The Labute approximate surface area is 120 Å². The van der Waals surface area contributed by atoms with E-state index in [0.29, 0.717) is 16.7 Å². The Morgan fingerprint density at radius 3 is 2.19 bits per heavy atom. The molecule has 21 heavy (non-hydrogen) atoms. The van der Waals surface area contributed by atoms with Crippen molar-refractivity contribution in [1.29, 1.82) is 5.26 Å².